The molecule has 0 saturated heterocycles. The predicted molar refractivity (Wildman–Crippen MR) is 75.7 cm³/mol. The van der Waals surface area contributed by atoms with E-state index in [0.29, 0.717) is 5.69 Å². The van der Waals surface area contributed by atoms with Gasteiger partial charge in [-0.1, -0.05) is 6.07 Å². The van der Waals surface area contributed by atoms with Gasteiger partial charge in [0.05, 0.1) is 11.4 Å². The smallest absolute Gasteiger partial charge is 0.265 e. The van der Waals surface area contributed by atoms with E-state index in [1.807, 2.05) is 0 Å². The van der Waals surface area contributed by atoms with Gasteiger partial charge in [0.1, 0.15) is 22.3 Å². The number of rotatable bonds is 4. The third-order valence-electron chi connectivity index (χ3n) is 2.71. The molecule has 0 aliphatic rings. The topological polar surface area (TPSA) is 94.9 Å². The highest BCUT2D eigenvalue weighted by Crippen LogP contribution is 2.25. The summed E-state index contributed by atoms with van der Waals surface area (Å²) in [5, 5.41) is 11.6. The van der Waals surface area contributed by atoms with E-state index in [1.54, 1.807) is 13.1 Å². The number of nitrogens with one attached hydrogen (secondary N) is 2. The van der Waals surface area contributed by atoms with Gasteiger partial charge in [0.2, 0.25) is 0 Å². The van der Waals surface area contributed by atoms with Gasteiger partial charge in [-0.05, 0) is 18.2 Å². The lowest BCUT2D eigenvalue weighted by Crippen LogP contribution is -2.16. The number of anilines is 2. The second-order valence-corrected chi connectivity index (χ2v) is 5.65. The van der Waals surface area contributed by atoms with E-state index in [-0.39, 0.29) is 16.1 Å². The van der Waals surface area contributed by atoms with E-state index >= 15 is 0 Å². The van der Waals surface area contributed by atoms with Crippen LogP contribution in [0.3, 0.4) is 0 Å². The van der Waals surface area contributed by atoms with Crippen molar-refractivity contribution in [2.24, 2.45) is 0 Å². The number of aromatic nitrogens is 1. The number of hydrogen-bond acceptors (Lipinski definition) is 5. The van der Waals surface area contributed by atoms with Crippen LogP contribution in [0, 0.1) is 17.1 Å². The summed E-state index contributed by atoms with van der Waals surface area (Å²) in [6, 6.07) is 6.84. The van der Waals surface area contributed by atoms with E-state index in [4.69, 9.17) is 5.26 Å². The molecule has 1 aromatic heterocycles. The molecule has 0 unspecified atom stereocenters. The minimum absolute atomic E-state index is 0.0966. The molecule has 8 heteroatoms. The molecule has 0 bridgehead atoms. The molecule has 0 saturated carbocycles. The molecule has 0 amide bonds. The number of pyridine rings is 1. The molecule has 0 aliphatic carbocycles. The number of nitriles is 1. The van der Waals surface area contributed by atoms with Crippen molar-refractivity contribution in [2.45, 2.75) is 4.90 Å². The minimum atomic E-state index is -4.00. The monoisotopic (exact) mass is 306 g/mol. The molecule has 1 heterocycles. The lowest BCUT2D eigenvalue weighted by molar-refractivity contribution is 0.601. The van der Waals surface area contributed by atoms with Crippen LogP contribution in [0.15, 0.2) is 41.6 Å². The van der Waals surface area contributed by atoms with Crippen LogP contribution in [-0.4, -0.2) is 20.4 Å². The summed E-state index contributed by atoms with van der Waals surface area (Å²) in [7, 11) is -2.43. The molecule has 0 aliphatic heterocycles. The van der Waals surface area contributed by atoms with E-state index in [9.17, 15) is 12.8 Å². The van der Waals surface area contributed by atoms with Crippen LogP contribution in [-0.2, 0) is 10.0 Å². The maximum absolute atomic E-state index is 13.5. The van der Waals surface area contributed by atoms with Crippen molar-refractivity contribution < 1.29 is 12.8 Å². The summed E-state index contributed by atoms with van der Waals surface area (Å²) < 4.78 is 40.4. The molecule has 21 heavy (non-hydrogen) atoms. The van der Waals surface area contributed by atoms with Crippen LogP contribution in [0.25, 0.3) is 0 Å². The Balaban J connectivity index is 2.48. The average molecular weight is 306 g/mol. The van der Waals surface area contributed by atoms with E-state index in [2.05, 4.69) is 15.0 Å². The van der Waals surface area contributed by atoms with Crippen LogP contribution < -0.4 is 10.0 Å². The fourth-order valence-corrected chi connectivity index (χ4v) is 2.95. The van der Waals surface area contributed by atoms with Crippen LogP contribution in [0.5, 0.6) is 0 Å². The summed E-state index contributed by atoms with van der Waals surface area (Å²) in [5.74, 6) is -0.794. The third-order valence-corrected chi connectivity index (χ3v) is 4.11. The summed E-state index contributed by atoms with van der Waals surface area (Å²) in [4.78, 5) is 3.67. The largest absolute Gasteiger partial charge is 0.387 e. The van der Waals surface area contributed by atoms with Crippen LogP contribution in [0.1, 0.15) is 5.56 Å². The highest BCUT2D eigenvalue weighted by molar-refractivity contribution is 7.92. The van der Waals surface area contributed by atoms with Gasteiger partial charge in [-0.15, -0.1) is 0 Å². The quantitative estimate of drug-likeness (QED) is 0.900. The third kappa shape index (κ3) is 2.93. The number of nitrogens with zero attached hydrogens (tertiary/aromatic N) is 2. The maximum Gasteiger partial charge on any atom is 0.265 e. The van der Waals surface area contributed by atoms with Crippen LogP contribution in [0.4, 0.5) is 15.8 Å². The van der Waals surface area contributed by atoms with Crippen molar-refractivity contribution in [1.82, 2.24) is 4.98 Å². The molecule has 0 atom stereocenters. The zero-order valence-corrected chi connectivity index (χ0v) is 11.8. The Morgan fingerprint density at radius 3 is 2.71 bits per heavy atom. The molecule has 2 rings (SSSR count). The Labute approximate surface area is 121 Å². The summed E-state index contributed by atoms with van der Waals surface area (Å²) in [6.45, 7) is 0. The van der Waals surface area contributed by atoms with E-state index < -0.39 is 15.8 Å². The van der Waals surface area contributed by atoms with Gasteiger partial charge in [-0.25, -0.2) is 12.8 Å². The van der Waals surface area contributed by atoms with E-state index in [0.717, 1.165) is 6.07 Å². The second-order valence-electron chi connectivity index (χ2n) is 4.00. The molecule has 108 valence electrons. The molecule has 6 nitrogen and oxygen atoms in total. The fourth-order valence-electron chi connectivity index (χ4n) is 1.72. The van der Waals surface area contributed by atoms with Gasteiger partial charge in [0, 0.05) is 19.4 Å². The Hall–Kier alpha value is -2.66. The molecule has 2 N–H and O–H groups in total. The predicted octanol–water partition coefficient (Wildman–Crippen LogP) is 1.93. The average Bonchev–Trinajstić information content (AvgIpc) is 2.47. The SMILES string of the molecule is CNc1ccncc1S(=O)(=O)Nc1cccc(F)c1C#N. The van der Waals surface area contributed by atoms with Crippen LogP contribution in [0.2, 0.25) is 0 Å². The van der Waals surface area contributed by atoms with Crippen molar-refractivity contribution in [3.8, 4) is 6.07 Å². The molecule has 0 spiro atoms. The van der Waals surface area contributed by atoms with Gasteiger partial charge in [-0.3, -0.25) is 9.71 Å². The minimum Gasteiger partial charge on any atom is -0.387 e. The normalized spacial score (nSPS) is 10.7. The van der Waals surface area contributed by atoms with Gasteiger partial charge in [-0.2, -0.15) is 5.26 Å². The number of sulfonamides is 1. The van der Waals surface area contributed by atoms with Crippen molar-refractivity contribution in [3.05, 3.63) is 48.0 Å². The second kappa shape index (κ2) is 5.76. The lowest BCUT2D eigenvalue weighted by atomic mass is 10.2. The summed E-state index contributed by atoms with van der Waals surface area (Å²) in [5.41, 5.74) is -0.146. The lowest BCUT2D eigenvalue weighted by Gasteiger charge is -2.12. The van der Waals surface area contributed by atoms with Gasteiger partial charge < -0.3 is 5.32 Å². The Morgan fingerprint density at radius 1 is 1.29 bits per heavy atom. The Kier molecular flexibility index (Phi) is 4.05. The van der Waals surface area contributed by atoms with Crippen molar-refractivity contribution in [3.63, 3.8) is 0 Å². The molecule has 0 fully saturated rings. The van der Waals surface area contributed by atoms with Crippen LogP contribution >= 0.6 is 0 Å². The van der Waals surface area contributed by atoms with Crippen molar-refractivity contribution in [1.29, 1.82) is 5.26 Å². The van der Waals surface area contributed by atoms with Gasteiger partial charge >= 0.3 is 0 Å². The first-order valence-electron chi connectivity index (χ1n) is 5.83. The molecule has 2 aromatic rings. The number of benzene rings is 1. The highest BCUT2D eigenvalue weighted by atomic mass is 32.2. The molecular weight excluding hydrogens is 295 g/mol. The molecule has 0 radical (unpaired) electrons. The maximum atomic E-state index is 13.5. The van der Waals surface area contributed by atoms with Gasteiger partial charge in [0.15, 0.2) is 0 Å². The first kappa shape index (κ1) is 14.7. The Bertz CT molecular complexity index is 815. The highest BCUT2D eigenvalue weighted by Gasteiger charge is 2.20. The zero-order valence-electron chi connectivity index (χ0n) is 11.0. The first-order chi connectivity index (χ1) is 9.99. The van der Waals surface area contributed by atoms with Crippen molar-refractivity contribution >= 4 is 21.4 Å². The number of hydrogen-bond donors (Lipinski definition) is 2. The Morgan fingerprint density at radius 2 is 2.05 bits per heavy atom. The summed E-state index contributed by atoms with van der Waals surface area (Å²) in [6.07, 6.45) is 2.60. The summed E-state index contributed by atoms with van der Waals surface area (Å²) >= 11 is 0. The molecular formula is C13H11FN4O2S. The fraction of sp³-hybridized carbons (Fsp3) is 0.0769. The molecule has 1 aromatic carbocycles. The van der Waals surface area contributed by atoms with Gasteiger partial charge in [0.25, 0.3) is 10.0 Å². The number of halogens is 1. The first-order valence-corrected chi connectivity index (χ1v) is 7.31. The standard InChI is InChI=1S/C13H11FN4O2S/c1-16-12-5-6-17-8-13(12)21(19,20)18-11-4-2-3-10(14)9(11)7-15/h2-6,8,18H,1H3,(H,16,17). The van der Waals surface area contributed by atoms with Crippen molar-refractivity contribution in [2.75, 3.05) is 17.1 Å². The van der Waals surface area contributed by atoms with E-state index in [1.165, 1.54) is 30.6 Å². The zero-order chi connectivity index (χ0) is 15.5.